The van der Waals surface area contributed by atoms with E-state index >= 15 is 0 Å². The van der Waals surface area contributed by atoms with E-state index in [1.54, 1.807) is 0 Å². The molecule has 1 atom stereocenters. The number of halogens is 1. The lowest BCUT2D eigenvalue weighted by atomic mass is 9.98. The molecule has 3 heteroatoms. The maximum atomic E-state index is 11.2. The van der Waals surface area contributed by atoms with Gasteiger partial charge < -0.3 is 4.74 Å². The molecule has 0 spiro atoms. The first-order valence-corrected chi connectivity index (χ1v) is 5.85. The average Bonchev–Trinajstić information content (AvgIpc) is 2.61. The highest BCUT2D eigenvalue weighted by molar-refractivity contribution is 9.10. The van der Waals surface area contributed by atoms with Crippen molar-refractivity contribution in [1.29, 1.82) is 0 Å². The van der Waals surface area contributed by atoms with Gasteiger partial charge in [0.2, 0.25) is 0 Å². The van der Waals surface area contributed by atoms with E-state index in [0.717, 1.165) is 17.3 Å². The number of rotatable bonds is 2. The Morgan fingerprint density at radius 3 is 3.13 bits per heavy atom. The van der Waals surface area contributed by atoms with E-state index in [1.165, 1.54) is 18.2 Å². The Hall–Kier alpha value is -0.830. The molecule has 0 heterocycles. The lowest BCUT2D eigenvalue weighted by Crippen LogP contribution is -2.06. The second-order valence-corrected chi connectivity index (χ2v) is 4.77. The van der Waals surface area contributed by atoms with Crippen LogP contribution in [0, 0.1) is 0 Å². The summed E-state index contributed by atoms with van der Waals surface area (Å²) in [6.45, 7) is 0. The van der Waals surface area contributed by atoms with Gasteiger partial charge >= 0.3 is 5.97 Å². The number of carbonyl (C=O) groups is 1. The van der Waals surface area contributed by atoms with Gasteiger partial charge in [0.15, 0.2) is 0 Å². The summed E-state index contributed by atoms with van der Waals surface area (Å²) in [5.74, 6) is 0.220. The molecule has 0 amide bonds. The molecule has 80 valence electrons. The number of hydrogen-bond donors (Lipinski definition) is 0. The van der Waals surface area contributed by atoms with E-state index in [2.05, 4.69) is 34.1 Å². The quantitative estimate of drug-likeness (QED) is 0.771. The molecule has 0 aliphatic heterocycles. The van der Waals surface area contributed by atoms with Gasteiger partial charge in [-0.3, -0.25) is 4.79 Å². The molecule has 2 nitrogen and oxygen atoms in total. The molecule has 0 fully saturated rings. The van der Waals surface area contributed by atoms with Crippen LogP contribution in [0.25, 0.3) is 0 Å². The van der Waals surface area contributed by atoms with Crippen molar-refractivity contribution in [2.24, 2.45) is 0 Å². The molecular formula is C12H13BrO2. The Bertz CT molecular complexity index is 387. The SMILES string of the molecule is COC(=O)CC1CCc2ccc(Br)cc21. The molecule has 1 aliphatic rings. The van der Waals surface area contributed by atoms with Crippen molar-refractivity contribution in [3.63, 3.8) is 0 Å². The van der Waals surface area contributed by atoms with E-state index in [0.29, 0.717) is 12.3 Å². The Morgan fingerprint density at radius 2 is 2.40 bits per heavy atom. The van der Waals surface area contributed by atoms with Gasteiger partial charge in [-0.25, -0.2) is 0 Å². The van der Waals surface area contributed by atoms with Crippen LogP contribution in [0.5, 0.6) is 0 Å². The normalized spacial score (nSPS) is 18.7. The minimum Gasteiger partial charge on any atom is -0.469 e. The zero-order valence-electron chi connectivity index (χ0n) is 8.63. The highest BCUT2D eigenvalue weighted by atomic mass is 79.9. The maximum absolute atomic E-state index is 11.2. The van der Waals surface area contributed by atoms with Gasteiger partial charge in [-0.2, -0.15) is 0 Å². The zero-order valence-corrected chi connectivity index (χ0v) is 10.2. The van der Waals surface area contributed by atoms with E-state index < -0.39 is 0 Å². The topological polar surface area (TPSA) is 26.3 Å². The third-order valence-electron chi connectivity index (χ3n) is 2.95. The highest BCUT2D eigenvalue weighted by Gasteiger charge is 2.24. The molecule has 1 unspecified atom stereocenters. The Balaban J connectivity index is 2.20. The van der Waals surface area contributed by atoms with Crippen molar-refractivity contribution in [2.75, 3.05) is 7.11 Å². The maximum Gasteiger partial charge on any atom is 0.306 e. The number of hydrogen-bond acceptors (Lipinski definition) is 2. The van der Waals surface area contributed by atoms with Gasteiger partial charge in [0, 0.05) is 4.47 Å². The monoisotopic (exact) mass is 268 g/mol. The van der Waals surface area contributed by atoms with Crippen LogP contribution >= 0.6 is 15.9 Å². The third-order valence-corrected chi connectivity index (χ3v) is 3.44. The van der Waals surface area contributed by atoms with Crippen molar-refractivity contribution in [3.05, 3.63) is 33.8 Å². The first-order chi connectivity index (χ1) is 7.20. The van der Waals surface area contributed by atoms with Crippen molar-refractivity contribution in [2.45, 2.75) is 25.2 Å². The molecule has 1 aliphatic carbocycles. The number of esters is 1. The number of methoxy groups -OCH3 is 1. The second kappa shape index (κ2) is 4.35. The van der Waals surface area contributed by atoms with Gasteiger partial charge in [-0.15, -0.1) is 0 Å². The Labute approximate surface area is 97.8 Å². The summed E-state index contributed by atoms with van der Waals surface area (Å²) in [7, 11) is 1.44. The van der Waals surface area contributed by atoms with Gasteiger partial charge in [-0.1, -0.05) is 22.0 Å². The molecule has 0 radical (unpaired) electrons. The molecule has 0 aromatic heterocycles. The lowest BCUT2D eigenvalue weighted by Gasteiger charge is -2.09. The van der Waals surface area contributed by atoms with Crippen LogP contribution < -0.4 is 0 Å². The molecule has 0 saturated carbocycles. The number of fused-ring (bicyclic) bond motifs is 1. The molecule has 15 heavy (non-hydrogen) atoms. The van der Waals surface area contributed by atoms with Crippen LogP contribution in [0.4, 0.5) is 0 Å². The number of carbonyl (C=O) groups excluding carboxylic acids is 1. The standard InChI is InChI=1S/C12H13BrO2/c1-15-12(14)6-9-3-2-8-4-5-10(13)7-11(8)9/h4-5,7,9H,2-3,6H2,1H3. The predicted molar refractivity (Wildman–Crippen MR) is 61.8 cm³/mol. The van der Waals surface area contributed by atoms with Gasteiger partial charge in [0.05, 0.1) is 13.5 Å². The zero-order chi connectivity index (χ0) is 10.8. The van der Waals surface area contributed by atoms with E-state index in [4.69, 9.17) is 4.74 Å². The van der Waals surface area contributed by atoms with Crippen molar-refractivity contribution < 1.29 is 9.53 Å². The van der Waals surface area contributed by atoms with Gasteiger partial charge in [0.1, 0.15) is 0 Å². The van der Waals surface area contributed by atoms with Gasteiger partial charge in [0.25, 0.3) is 0 Å². The number of aryl methyl sites for hydroxylation is 1. The van der Waals surface area contributed by atoms with Crippen molar-refractivity contribution in [3.8, 4) is 0 Å². The fourth-order valence-corrected chi connectivity index (χ4v) is 2.53. The van der Waals surface area contributed by atoms with Crippen molar-refractivity contribution in [1.82, 2.24) is 0 Å². The molecule has 0 bridgehead atoms. The van der Waals surface area contributed by atoms with E-state index in [-0.39, 0.29) is 5.97 Å². The summed E-state index contributed by atoms with van der Waals surface area (Å²) in [5, 5.41) is 0. The summed E-state index contributed by atoms with van der Waals surface area (Å²) < 4.78 is 5.79. The first kappa shape index (κ1) is 10.7. The van der Waals surface area contributed by atoms with Crippen LogP contribution in [0.1, 0.15) is 29.9 Å². The lowest BCUT2D eigenvalue weighted by molar-refractivity contribution is -0.141. The van der Waals surface area contributed by atoms with Crippen LogP contribution in [0.2, 0.25) is 0 Å². The van der Waals surface area contributed by atoms with E-state index in [9.17, 15) is 4.79 Å². The fourth-order valence-electron chi connectivity index (χ4n) is 2.16. The number of ether oxygens (including phenoxy) is 1. The molecule has 0 saturated heterocycles. The summed E-state index contributed by atoms with van der Waals surface area (Å²) in [6.07, 6.45) is 2.63. The van der Waals surface area contributed by atoms with Gasteiger partial charge in [-0.05, 0) is 42.0 Å². The third kappa shape index (κ3) is 2.23. The smallest absolute Gasteiger partial charge is 0.306 e. The summed E-state index contributed by atoms with van der Waals surface area (Å²) in [5.41, 5.74) is 2.67. The largest absolute Gasteiger partial charge is 0.469 e. The molecule has 1 aromatic carbocycles. The predicted octanol–water partition coefficient (Wildman–Crippen LogP) is 3.04. The van der Waals surface area contributed by atoms with E-state index in [1.807, 2.05) is 0 Å². The van der Waals surface area contributed by atoms with Crippen molar-refractivity contribution >= 4 is 21.9 Å². The summed E-state index contributed by atoms with van der Waals surface area (Å²) in [6, 6.07) is 6.31. The molecule has 2 rings (SSSR count). The second-order valence-electron chi connectivity index (χ2n) is 3.86. The summed E-state index contributed by atoms with van der Waals surface area (Å²) >= 11 is 3.46. The van der Waals surface area contributed by atoms with Crippen LogP contribution in [-0.4, -0.2) is 13.1 Å². The van der Waals surface area contributed by atoms with Crippen LogP contribution in [-0.2, 0) is 16.0 Å². The molecular weight excluding hydrogens is 256 g/mol. The first-order valence-electron chi connectivity index (χ1n) is 5.06. The molecule has 0 N–H and O–H groups in total. The van der Waals surface area contributed by atoms with Crippen LogP contribution in [0.15, 0.2) is 22.7 Å². The molecule has 1 aromatic rings. The average molecular weight is 269 g/mol. The number of benzene rings is 1. The Kier molecular flexibility index (Phi) is 3.10. The van der Waals surface area contributed by atoms with Crippen LogP contribution in [0.3, 0.4) is 0 Å². The minimum atomic E-state index is -0.118. The fraction of sp³-hybridized carbons (Fsp3) is 0.417. The summed E-state index contributed by atoms with van der Waals surface area (Å²) in [4.78, 5) is 11.2. The minimum absolute atomic E-state index is 0.118. The highest BCUT2D eigenvalue weighted by Crippen LogP contribution is 2.37. The Morgan fingerprint density at radius 1 is 1.60 bits per heavy atom.